The van der Waals surface area contributed by atoms with Gasteiger partial charge in [-0.3, -0.25) is 4.72 Å². The van der Waals surface area contributed by atoms with Crippen molar-refractivity contribution in [3.05, 3.63) is 47.1 Å². The van der Waals surface area contributed by atoms with E-state index in [0.29, 0.717) is 5.02 Å². The third-order valence-corrected chi connectivity index (χ3v) is 4.49. The minimum atomic E-state index is -3.78. The summed E-state index contributed by atoms with van der Waals surface area (Å²) in [7, 11) is -2.35. The number of nitrogens with one attached hydrogen (secondary N) is 1. The standard InChI is InChI=1S/C14H15ClN2O3S/c1-3-10-4-6-12(20-2)13(8-10)21(18,19)17-14-7-5-11(15)9-16-14/h4-9H,3H2,1-2H3,(H,16,17). The number of ether oxygens (including phenoxy) is 1. The van der Waals surface area contributed by atoms with Gasteiger partial charge in [-0.05, 0) is 36.2 Å². The Labute approximate surface area is 129 Å². The maximum Gasteiger partial charge on any atom is 0.266 e. The molecule has 2 aromatic rings. The molecule has 21 heavy (non-hydrogen) atoms. The average molecular weight is 327 g/mol. The summed E-state index contributed by atoms with van der Waals surface area (Å²) in [6, 6.07) is 8.13. The zero-order valence-electron chi connectivity index (χ0n) is 11.6. The fraction of sp³-hybridized carbons (Fsp3) is 0.214. The normalized spacial score (nSPS) is 11.2. The SMILES string of the molecule is CCc1ccc(OC)c(S(=O)(=O)Nc2ccc(Cl)cn2)c1. The zero-order chi connectivity index (χ0) is 15.5. The summed E-state index contributed by atoms with van der Waals surface area (Å²) in [6.07, 6.45) is 2.10. The number of halogens is 1. The topological polar surface area (TPSA) is 68.3 Å². The Hall–Kier alpha value is -1.79. The Kier molecular flexibility index (Phi) is 4.69. The number of benzene rings is 1. The Bertz CT molecular complexity index is 730. The van der Waals surface area contributed by atoms with Gasteiger partial charge in [0.1, 0.15) is 16.5 Å². The van der Waals surface area contributed by atoms with Crippen LogP contribution in [0.15, 0.2) is 41.4 Å². The molecule has 0 spiro atoms. The monoisotopic (exact) mass is 326 g/mol. The number of hydrogen-bond acceptors (Lipinski definition) is 4. The number of aryl methyl sites for hydroxylation is 1. The number of hydrogen-bond donors (Lipinski definition) is 1. The molecule has 1 N–H and O–H groups in total. The molecule has 0 unspecified atom stereocenters. The van der Waals surface area contributed by atoms with Gasteiger partial charge in [0.2, 0.25) is 0 Å². The van der Waals surface area contributed by atoms with Crippen LogP contribution >= 0.6 is 11.6 Å². The van der Waals surface area contributed by atoms with Gasteiger partial charge in [-0.15, -0.1) is 0 Å². The first-order chi connectivity index (χ1) is 9.96. The van der Waals surface area contributed by atoms with E-state index >= 15 is 0 Å². The van der Waals surface area contributed by atoms with Crippen molar-refractivity contribution >= 4 is 27.4 Å². The summed E-state index contributed by atoms with van der Waals surface area (Å²) >= 11 is 5.73. The summed E-state index contributed by atoms with van der Waals surface area (Å²) < 4.78 is 32.5. The Balaban J connectivity index is 2.41. The van der Waals surface area contributed by atoms with Crippen molar-refractivity contribution in [2.45, 2.75) is 18.2 Å². The van der Waals surface area contributed by atoms with Gasteiger partial charge in [0.05, 0.1) is 12.1 Å². The molecule has 1 aromatic carbocycles. The number of rotatable bonds is 5. The number of pyridine rings is 1. The molecule has 1 heterocycles. The second-order valence-electron chi connectivity index (χ2n) is 4.31. The molecule has 0 bridgehead atoms. The van der Waals surface area contributed by atoms with E-state index in [-0.39, 0.29) is 16.5 Å². The number of nitrogens with zero attached hydrogens (tertiary/aromatic N) is 1. The smallest absolute Gasteiger partial charge is 0.266 e. The highest BCUT2D eigenvalue weighted by Crippen LogP contribution is 2.27. The first kappa shape index (κ1) is 15.6. The molecule has 0 aliphatic carbocycles. The fourth-order valence-electron chi connectivity index (χ4n) is 1.78. The summed E-state index contributed by atoms with van der Waals surface area (Å²) in [5.41, 5.74) is 0.903. The highest BCUT2D eigenvalue weighted by Gasteiger charge is 2.20. The second-order valence-corrected chi connectivity index (χ2v) is 6.39. The van der Waals surface area contributed by atoms with Crippen molar-refractivity contribution in [2.24, 2.45) is 0 Å². The Morgan fingerprint density at radius 2 is 2.05 bits per heavy atom. The molecule has 7 heteroatoms. The van der Waals surface area contributed by atoms with E-state index in [9.17, 15) is 8.42 Å². The molecular formula is C14H15ClN2O3S. The van der Waals surface area contributed by atoms with E-state index in [0.717, 1.165) is 12.0 Å². The van der Waals surface area contributed by atoms with Crippen LogP contribution in [0.1, 0.15) is 12.5 Å². The van der Waals surface area contributed by atoms with Crippen molar-refractivity contribution in [3.63, 3.8) is 0 Å². The minimum Gasteiger partial charge on any atom is -0.495 e. The van der Waals surface area contributed by atoms with Gasteiger partial charge in [-0.25, -0.2) is 13.4 Å². The summed E-state index contributed by atoms with van der Waals surface area (Å²) in [5, 5.41) is 0.434. The van der Waals surface area contributed by atoms with E-state index in [1.807, 2.05) is 13.0 Å². The van der Waals surface area contributed by atoms with Crippen molar-refractivity contribution < 1.29 is 13.2 Å². The first-order valence-electron chi connectivity index (χ1n) is 6.27. The average Bonchev–Trinajstić information content (AvgIpc) is 2.48. The molecule has 0 saturated heterocycles. The minimum absolute atomic E-state index is 0.0844. The number of sulfonamides is 1. The van der Waals surface area contributed by atoms with Crippen LogP contribution in [0.2, 0.25) is 5.02 Å². The van der Waals surface area contributed by atoms with Crippen LogP contribution in [0, 0.1) is 0 Å². The predicted molar refractivity (Wildman–Crippen MR) is 82.4 cm³/mol. The fourth-order valence-corrected chi connectivity index (χ4v) is 3.12. The molecule has 2 rings (SSSR count). The maximum absolute atomic E-state index is 12.5. The quantitative estimate of drug-likeness (QED) is 0.916. The second kappa shape index (κ2) is 6.32. The molecule has 0 radical (unpaired) electrons. The molecule has 0 amide bonds. The molecule has 0 aliphatic rings. The van der Waals surface area contributed by atoms with Gasteiger partial charge >= 0.3 is 0 Å². The van der Waals surface area contributed by atoms with Gasteiger partial charge < -0.3 is 4.74 Å². The molecule has 0 atom stereocenters. The van der Waals surface area contributed by atoms with Gasteiger partial charge in [-0.2, -0.15) is 0 Å². The molecule has 0 aliphatic heterocycles. The van der Waals surface area contributed by atoms with Gasteiger partial charge in [-0.1, -0.05) is 24.6 Å². The predicted octanol–water partition coefficient (Wildman–Crippen LogP) is 3.11. The largest absolute Gasteiger partial charge is 0.495 e. The van der Waals surface area contributed by atoms with Crippen molar-refractivity contribution in [1.82, 2.24) is 4.98 Å². The number of anilines is 1. The van der Waals surface area contributed by atoms with E-state index in [4.69, 9.17) is 16.3 Å². The lowest BCUT2D eigenvalue weighted by Crippen LogP contribution is -2.15. The van der Waals surface area contributed by atoms with E-state index in [2.05, 4.69) is 9.71 Å². The van der Waals surface area contributed by atoms with E-state index in [1.54, 1.807) is 18.2 Å². The molecule has 1 aromatic heterocycles. The summed E-state index contributed by atoms with van der Waals surface area (Å²) in [4.78, 5) is 4.01. The molecule has 112 valence electrons. The highest BCUT2D eigenvalue weighted by molar-refractivity contribution is 7.92. The first-order valence-corrected chi connectivity index (χ1v) is 8.13. The van der Waals surface area contributed by atoms with Gasteiger partial charge in [0, 0.05) is 6.20 Å². The molecule has 5 nitrogen and oxygen atoms in total. The molecule has 0 saturated carbocycles. The third kappa shape index (κ3) is 3.65. The van der Waals surface area contributed by atoms with Crippen LogP contribution in [0.5, 0.6) is 5.75 Å². The Morgan fingerprint density at radius 1 is 1.29 bits per heavy atom. The lowest BCUT2D eigenvalue weighted by Gasteiger charge is -2.12. The van der Waals surface area contributed by atoms with E-state index in [1.165, 1.54) is 19.4 Å². The lowest BCUT2D eigenvalue weighted by molar-refractivity contribution is 0.402. The third-order valence-electron chi connectivity index (χ3n) is 2.89. The van der Waals surface area contributed by atoms with Crippen LogP contribution in [-0.4, -0.2) is 20.5 Å². The van der Waals surface area contributed by atoms with Crippen LogP contribution in [0.25, 0.3) is 0 Å². The Morgan fingerprint density at radius 3 is 2.62 bits per heavy atom. The number of aromatic nitrogens is 1. The van der Waals surface area contributed by atoms with Crippen LogP contribution in [0.3, 0.4) is 0 Å². The molecule has 0 fully saturated rings. The summed E-state index contributed by atoms with van der Waals surface area (Å²) in [6.45, 7) is 1.95. The van der Waals surface area contributed by atoms with Crippen LogP contribution in [0.4, 0.5) is 5.82 Å². The van der Waals surface area contributed by atoms with Crippen molar-refractivity contribution in [3.8, 4) is 5.75 Å². The van der Waals surface area contributed by atoms with Gasteiger partial charge in [0.25, 0.3) is 10.0 Å². The van der Waals surface area contributed by atoms with Gasteiger partial charge in [0.15, 0.2) is 0 Å². The van der Waals surface area contributed by atoms with Crippen LogP contribution < -0.4 is 9.46 Å². The number of methoxy groups -OCH3 is 1. The maximum atomic E-state index is 12.5. The van der Waals surface area contributed by atoms with E-state index < -0.39 is 10.0 Å². The summed E-state index contributed by atoms with van der Waals surface area (Å²) in [5.74, 6) is 0.483. The van der Waals surface area contributed by atoms with Crippen molar-refractivity contribution in [1.29, 1.82) is 0 Å². The van der Waals surface area contributed by atoms with Crippen molar-refractivity contribution in [2.75, 3.05) is 11.8 Å². The zero-order valence-corrected chi connectivity index (χ0v) is 13.2. The molecular weight excluding hydrogens is 312 g/mol. The highest BCUT2D eigenvalue weighted by atomic mass is 35.5. The lowest BCUT2D eigenvalue weighted by atomic mass is 10.2. The van der Waals surface area contributed by atoms with Crippen LogP contribution in [-0.2, 0) is 16.4 Å².